The topological polar surface area (TPSA) is 45.0 Å². The van der Waals surface area contributed by atoms with Gasteiger partial charge in [-0.3, -0.25) is 0 Å². The van der Waals surface area contributed by atoms with Gasteiger partial charge in [-0.2, -0.15) is 5.26 Å². The molecular weight excluding hydrogens is 171 g/mol. The van der Waals surface area contributed by atoms with E-state index >= 15 is 0 Å². The molecule has 0 fully saturated rings. The van der Waals surface area contributed by atoms with Gasteiger partial charge in [0.1, 0.15) is 29.8 Å². The molecule has 0 saturated carbocycles. The Balaban J connectivity index is 2.60. The molecule has 13 heavy (non-hydrogen) atoms. The SMILES string of the molecule is N#Cc1c(F)ccc2c1NCCO2. The highest BCUT2D eigenvalue weighted by atomic mass is 19.1. The second kappa shape index (κ2) is 2.94. The van der Waals surface area contributed by atoms with Gasteiger partial charge in [-0.05, 0) is 12.1 Å². The Morgan fingerprint density at radius 2 is 2.38 bits per heavy atom. The number of hydrogen-bond donors (Lipinski definition) is 1. The van der Waals surface area contributed by atoms with Crippen molar-refractivity contribution in [3.8, 4) is 11.8 Å². The van der Waals surface area contributed by atoms with Crippen LogP contribution in [0.5, 0.6) is 5.75 Å². The lowest BCUT2D eigenvalue weighted by Gasteiger charge is -2.19. The van der Waals surface area contributed by atoms with E-state index in [1.807, 2.05) is 0 Å². The normalized spacial score (nSPS) is 13.5. The second-order valence-electron chi connectivity index (χ2n) is 2.68. The first-order valence-electron chi connectivity index (χ1n) is 3.92. The number of nitrogens with zero attached hydrogens (tertiary/aromatic N) is 1. The van der Waals surface area contributed by atoms with Gasteiger partial charge >= 0.3 is 0 Å². The first-order chi connectivity index (χ1) is 6.33. The van der Waals surface area contributed by atoms with Crippen LogP contribution in [-0.2, 0) is 0 Å². The summed E-state index contributed by atoms with van der Waals surface area (Å²) in [6, 6.07) is 4.57. The first-order valence-corrected chi connectivity index (χ1v) is 3.92. The van der Waals surface area contributed by atoms with Crippen LogP contribution in [0.15, 0.2) is 12.1 Å². The van der Waals surface area contributed by atoms with Gasteiger partial charge < -0.3 is 10.1 Å². The molecule has 0 aromatic heterocycles. The van der Waals surface area contributed by atoms with Crippen molar-refractivity contribution in [2.75, 3.05) is 18.5 Å². The fraction of sp³-hybridized carbons (Fsp3) is 0.222. The molecule has 2 rings (SSSR count). The molecule has 1 aromatic rings. The van der Waals surface area contributed by atoms with Crippen molar-refractivity contribution in [1.29, 1.82) is 5.26 Å². The molecule has 0 unspecified atom stereocenters. The maximum atomic E-state index is 13.1. The third-order valence-corrected chi connectivity index (χ3v) is 1.89. The maximum absolute atomic E-state index is 13.1. The number of nitrogens with one attached hydrogen (secondary N) is 1. The lowest BCUT2D eigenvalue weighted by atomic mass is 10.1. The third-order valence-electron chi connectivity index (χ3n) is 1.89. The van der Waals surface area contributed by atoms with E-state index in [4.69, 9.17) is 10.00 Å². The van der Waals surface area contributed by atoms with E-state index in [0.717, 1.165) is 0 Å². The Kier molecular flexibility index (Phi) is 1.78. The van der Waals surface area contributed by atoms with E-state index < -0.39 is 5.82 Å². The second-order valence-corrected chi connectivity index (χ2v) is 2.68. The molecular formula is C9H7FN2O. The highest BCUT2D eigenvalue weighted by molar-refractivity contribution is 5.67. The molecule has 0 spiro atoms. The molecule has 0 aliphatic carbocycles. The Morgan fingerprint density at radius 1 is 1.54 bits per heavy atom. The average molecular weight is 178 g/mol. The highest BCUT2D eigenvalue weighted by Crippen LogP contribution is 2.31. The van der Waals surface area contributed by atoms with Crippen LogP contribution in [-0.4, -0.2) is 13.2 Å². The number of benzene rings is 1. The number of ether oxygens (including phenoxy) is 1. The maximum Gasteiger partial charge on any atom is 0.144 e. The minimum Gasteiger partial charge on any atom is -0.490 e. The smallest absolute Gasteiger partial charge is 0.144 e. The molecule has 4 heteroatoms. The van der Waals surface area contributed by atoms with Crippen molar-refractivity contribution in [1.82, 2.24) is 0 Å². The van der Waals surface area contributed by atoms with Crippen molar-refractivity contribution in [2.45, 2.75) is 0 Å². The molecule has 1 aromatic carbocycles. The summed E-state index contributed by atoms with van der Waals surface area (Å²) in [5.74, 6) is 0.0310. The largest absolute Gasteiger partial charge is 0.490 e. The summed E-state index contributed by atoms with van der Waals surface area (Å²) in [5, 5.41) is 11.6. The van der Waals surface area contributed by atoms with Gasteiger partial charge in [-0.15, -0.1) is 0 Å². The van der Waals surface area contributed by atoms with Crippen LogP contribution in [0.1, 0.15) is 5.56 Å². The highest BCUT2D eigenvalue weighted by Gasteiger charge is 2.16. The van der Waals surface area contributed by atoms with Gasteiger partial charge in [0.2, 0.25) is 0 Å². The molecule has 1 N–H and O–H groups in total. The number of hydrogen-bond acceptors (Lipinski definition) is 3. The fourth-order valence-electron chi connectivity index (χ4n) is 1.30. The summed E-state index contributed by atoms with van der Waals surface area (Å²) in [7, 11) is 0. The minimum atomic E-state index is -0.515. The third kappa shape index (κ3) is 1.18. The number of fused-ring (bicyclic) bond motifs is 1. The number of anilines is 1. The molecule has 0 radical (unpaired) electrons. The number of halogens is 1. The van der Waals surface area contributed by atoms with E-state index in [1.54, 1.807) is 6.07 Å². The summed E-state index contributed by atoms with van der Waals surface area (Å²) >= 11 is 0. The van der Waals surface area contributed by atoms with Crippen molar-refractivity contribution in [3.63, 3.8) is 0 Å². The quantitative estimate of drug-likeness (QED) is 0.654. The van der Waals surface area contributed by atoms with Crippen LogP contribution < -0.4 is 10.1 Å². The van der Waals surface area contributed by atoms with Crippen molar-refractivity contribution in [2.24, 2.45) is 0 Å². The van der Waals surface area contributed by atoms with Crippen molar-refractivity contribution < 1.29 is 9.13 Å². The molecule has 1 aliphatic rings. The van der Waals surface area contributed by atoms with Gasteiger partial charge in [0.05, 0.1) is 5.69 Å². The molecule has 0 bridgehead atoms. The van der Waals surface area contributed by atoms with Gasteiger partial charge in [-0.25, -0.2) is 4.39 Å². The Morgan fingerprint density at radius 3 is 3.15 bits per heavy atom. The average Bonchev–Trinajstić information content (AvgIpc) is 2.18. The van der Waals surface area contributed by atoms with Crippen LogP contribution in [0.2, 0.25) is 0 Å². The van der Waals surface area contributed by atoms with E-state index in [2.05, 4.69) is 5.32 Å². The van der Waals surface area contributed by atoms with E-state index in [0.29, 0.717) is 24.6 Å². The summed E-state index contributed by atoms with van der Waals surface area (Å²) in [4.78, 5) is 0. The standard InChI is InChI=1S/C9H7FN2O/c10-7-1-2-8-9(6(7)5-11)12-3-4-13-8/h1-2,12H,3-4H2. The zero-order chi connectivity index (χ0) is 9.26. The number of rotatable bonds is 0. The molecule has 3 nitrogen and oxygen atoms in total. The molecule has 1 aliphatic heterocycles. The predicted octanol–water partition coefficient (Wildman–Crippen LogP) is 1.50. The molecule has 1 heterocycles. The summed E-state index contributed by atoms with van der Waals surface area (Å²) in [6.45, 7) is 1.15. The fourth-order valence-corrected chi connectivity index (χ4v) is 1.30. The van der Waals surface area contributed by atoms with Gasteiger partial charge in [-0.1, -0.05) is 0 Å². The lowest BCUT2D eigenvalue weighted by Crippen LogP contribution is -2.19. The number of nitriles is 1. The Labute approximate surface area is 74.7 Å². The monoisotopic (exact) mass is 178 g/mol. The Bertz CT molecular complexity index is 384. The van der Waals surface area contributed by atoms with Gasteiger partial charge in [0, 0.05) is 6.54 Å². The van der Waals surface area contributed by atoms with Crippen LogP contribution in [0.3, 0.4) is 0 Å². The summed E-state index contributed by atoms with van der Waals surface area (Å²) < 4.78 is 18.3. The minimum absolute atomic E-state index is 0.0252. The lowest BCUT2D eigenvalue weighted by molar-refractivity contribution is 0.322. The first kappa shape index (κ1) is 7.87. The van der Waals surface area contributed by atoms with Crippen LogP contribution in [0.25, 0.3) is 0 Å². The summed E-state index contributed by atoms with van der Waals surface area (Å²) in [6.07, 6.45) is 0. The van der Waals surface area contributed by atoms with E-state index in [9.17, 15) is 4.39 Å². The Hall–Kier alpha value is -1.76. The van der Waals surface area contributed by atoms with E-state index in [-0.39, 0.29) is 5.56 Å². The van der Waals surface area contributed by atoms with E-state index in [1.165, 1.54) is 12.1 Å². The molecule has 0 saturated heterocycles. The van der Waals surface area contributed by atoms with Crippen molar-refractivity contribution >= 4 is 5.69 Å². The molecule has 0 atom stereocenters. The van der Waals surface area contributed by atoms with Gasteiger partial charge in [0.15, 0.2) is 0 Å². The molecule has 0 amide bonds. The van der Waals surface area contributed by atoms with Crippen LogP contribution >= 0.6 is 0 Å². The van der Waals surface area contributed by atoms with Crippen LogP contribution in [0.4, 0.5) is 10.1 Å². The summed E-state index contributed by atoms with van der Waals surface area (Å²) in [5.41, 5.74) is 0.492. The van der Waals surface area contributed by atoms with Gasteiger partial charge in [0.25, 0.3) is 0 Å². The molecule has 66 valence electrons. The van der Waals surface area contributed by atoms with Crippen molar-refractivity contribution in [3.05, 3.63) is 23.5 Å². The predicted molar refractivity (Wildman–Crippen MR) is 45.1 cm³/mol. The van der Waals surface area contributed by atoms with Crippen LogP contribution in [0, 0.1) is 17.1 Å². The zero-order valence-corrected chi connectivity index (χ0v) is 6.80. The zero-order valence-electron chi connectivity index (χ0n) is 6.80.